The van der Waals surface area contributed by atoms with Gasteiger partial charge in [-0.3, -0.25) is 9.80 Å². The SMILES string of the molecule is CN(C)C1(c2ccccc2)CC=C(c2[nH]c3ccccc3c2CCN2CCOCC2)CC1.c1ccc2[nH]ccc2c1. The number of morpholine rings is 1. The van der Waals surface area contributed by atoms with Crippen molar-refractivity contribution in [1.82, 2.24) is 19.8 Å². The first kappa shape index (κ1) is 27.5. The number of aromatic nitrogens is 2. The molecule has 3 aromatic carbocycles. The Morgan fingerprint density at radius 2 is 1.59 bits per heavy atom. The second-order valence-electron chi connectivity index (χ2n) is 11.5. The van der Waals surface area contributed by atoms with Crippen LogP contribution < -0.4 is 0 Å². The quantitative estimate of drug-likeness (QED) is 0.236. The molecule has 2 N–H and O–H groups in total. The lowest BCUT2D eigenvalue weighted by Crippen LogP contribution is -2.42. The Morgan fingerprint density at radius 3 is 2.32 bits per heavy atom. The summed E-state index contributed by atoms with van der Waals surface area (Å²) in [5, 5.41) is 2.65. The molecule has 2 aliphatic rings. The van der Waals surface area contributed by atoms with E-state index >= 15 is 0 Å². The maximum atomic E-state index is 5.54. The van der Waals surface area contributed by atoms with Gasteiger partial charge in [-0.05, 0) is 80.1 Å². The summed E-state index contributed by atoms with van der Waals surface area (Å²) >= 11 is 0. The fraction of sp³-hybridized carbons (Fsp3) is 0.333. The predicted octanol–water partition coefficient (Wildman–Crippen LogP) is 7.23. The van der Waals surface area contributed by atoms with Gasteiger partial charge in [0.2, 0.25) is 0 Å². The van der Waals surface area contributed by atoms with E-state index < -0.39 is 0 Å². The molecule has 1 atom stereocenters. The molecule has 41 heavy (non-hydrogen) atoms. The summed E-state index contributed by atoms with van der Waals surface area (Å²) < 4.78 is 5.54. The molecule has 7 rings (SSSR count). The zero-order valence-electron chi connectivity index (χ0n) is 24.4. The Kier molecular flexibility index (Phi) is 8.38. The second kappa shape index (κ2) is 12.5. The van der Waals surface area contributed by atoms with E-state index in [1.165, 1.54) is 44.2 Å². The molecule has 0 spiro atoms. The topological polar surface area (TPSA) is 47.3 Å². The Labute approximate surface area is 243 Å². The van der Waals surface area contributed by atoms with Gasteiger partial charge >= 0.3 is 0 Å². The van der Waals surface area contributed by atoms with Crippen molar-refractivity contribution < 1.29 is 4.74 Å². The molecule has 5 aromatic rings. The number of hydrogen-bond acceptors (Lipinski definition) is 3. The number of benzene rings is 3. The largest absolute Gasteiger partial charge is 0.379 e. The van der Waals surface area contributed by atoms with E-state index in [1.807, 2.05) is 18.3 Å². The lowest BCUT2D eigenvalue weighted by molar-refractivity contribution is 0.0385. The highest BCUT2D eigenvalue weighted by molar-refractivity contribution is 5.89. The van der Waals surface area contributed by atoms with Crippen molar-refractivity contribution in [1.29, 1.82) is 0 Å². The number of hydrogen-bond donors (Lipinski definition) is 2. The maximum Gasteiger partial charge on any atom is 0.0594 e. The summed E-state index contributed by atoms with van der Waals surface area (Å²) in [6, 6.07) is 30.1. The summed E-state index contributed by atoms with van der Waals surface area (Å²) in [7, 11) is 4.45. The lowest BCUT2D eigenvalue weighted by atomic mass is 9.75. The van der Waals surface area contributed by atoms with Gasteiger partial charge in [-0.25, -0.2) is 0 Å². The Hall–Kier alpha value is -3.64. The number of nitrogens with zero attached hydrogens (tertiary/aromatic N) is 2. The molecule has 2 aromatic heterocycles. The molecular formula is C36H42N4O. The Bertz CT molecular complexity index is 1560. The van der Waals surface area contributed by atoms with Gasteiger partial charge < -0.3 is 14.7 Å². The van der Waals surface area contributed by atoms with Crippen molar-refractivity contribution in [3.05, 3.63) is 114 Å². The van der Waals surface area contributed by atoms with Crippen molar-refractivity contribution in [2.24, 2.45) is 0 Å². The van der Waals surface area contributed by atoms with Crippen molar-refractivity contribution in [3.8, 4) is 0 Å². The third kappa shape index (κ3) is 5.89. The van der Waals surface area contributed by atoms with Crippen molar-refractivity contribution in [2.45, 2.75) is 31.2 Å². The van der Waals surface area contributed by atoms with Crippen molar-refractivity contribution in [3.63, 3.8) is 0 Å². The van der Waals surface area contributed by atoms with Crippen LogP contribution in [0.15, 0.2) is 97.2 Å². The average Bonchev–Trinajstić information content (AvgIpc) is 3.66. The average molecular weight is 547 g/mol. The number of nitrogens with one attached hydrogen (secondary N) is 2. The number of allylic oxidation sites excluding steroid dienone is 1. The number of rotatable bonds is 6. The van der Waals surface area contributed by atoms with Crippen LogP contribution in [0.25, 0.3) is 27.4 Å². The normalized spacial score (nSPS) is 19.7. The molecule has 212 valence electrons. The zero-order valence-corrected chi connectivity index (χ0v) is 24.4. The summed E-state index contributed by atoms with van der Waals surface area (Å²) in [5.74, 6) is 0. The molecule has 1 saturated heterocycles. The third-order valence-corrected chi connectivity index (χ3v) is 9.04. The van der Waals surface area contributed by atoms with Crippen LogP contribution in [-0.4, -0.2) is 66.7 Å². The van der Waals surface area contributed by atoms with Crippen LogP contribution in [0.2, 0.25) is 0 Å². The fourth-order valence-electron chi connectivity index (χ4n) is 6.56. The van der Waals surface area contributed by atoms with E-state index in [9.17, 15) is 0 Å². The molecule has 0 radical (unpaired) electrons. The fourth-order valence-corrected chi connectivity index (χ4v) is 6.56. The molecule has 1 aliphatic carbocycles. The minimum Gasteiger partial charge on any atom is -0.379 e. The molecule has 3 heterocycles. The van der Waals surface area contributed by atoms with Crippen LogP contribution in [-0.2, 0) is 16.7 Å². The van der Waals surface area contributed by atoms with Crippen LogP contribution in [0.3, 0.4) is 0 Å². The van der Waals surface area contributed by atoms with Crippen LogP contribution in [0, 0.1) is 0 Å². The van der Waals surface area contributed by atoms with Gasteiger partial charge in [0.05, 0.1) is 13.2 Å². The first-order valence-electron chi connectivity index (χ1n) is 15.0. The highest BCUT2D eigenvalue weighted by Crippen LogP contribution is 2.43. The third-order valence-electron chi connectivity index (χ3n) is 9.04. The first-order chi connectivity index (χ1) is 20.1. The summed E-state index contributed by atoms with van der Waals surface area (Å²) in [5.41, 5.74) is 8.28. The van der Waals surface area contributed by atoms with E-state index in [2.05, 4.69) is 113 Å². The van der Waals surface area contributed by atoms with Crippen LogP contribution in [0.1, 0.15) is 36.1 Å². The van der Waals surface area contributed by atoms with E-state index in [1.54, 1.807) is 0 Å². The van der Waals surface area contributed by atoms with Crippen molar-refractivity contribution >= 4 is 27.4 Å². The van der Waals surface area contributed by atoms with Gasteiger partial charge in [-0.15, -0.1) is 0 Å². The molecule has 5 heteroatoms. The van der Waals surface area contributed by atoms with Gasteiger partial charge in [0.25, 0.3) is 0 Å². The summed E-state index contributed by atoms with van der Waals surface area (Å²) in [4.78, 5) is 11.9. The molecular weight excluding hydrogens is 504 g/mol. The molecule has 1 fully saturated rings. The van der Waals surface area contributed by atoms with Crippen LogP contribution in [0.5, 0.6) is 0 Å². The van der Waals surface area contributed by atoms with Gasteiger partial charge in [-0.1, -0.05) is 72.8 Å². The van der Waals surface area contributed by atoms with Gasteiger partial charge in [-0.2, -0.15) is 0 Å². The monoisotopic (exact) mass is 546 g/mol. The molecule has 0 saturated carbocycles. The van der Waals surface area contributed by atoms with E-state index in [0.717, 1.165) is 58.5 Å². The molecule has 1 unspecified atom stereocenters. The smallest absolute Gasteiger partial charge is 0.0594 e. The van der Waals surface area contributed by atoms with Crippen LogP contribution in [0.4, 0.5) is 0 Å². The molecule has 0 amide bonds. The highest BCUT2D eigenvalue weighted by atomic mass is 16.5. The number of ether oxygens (including phenoxy) is 1. The van der Waals surface area contributed by atoms with Crippen molar-refractivity contribution in [2.75, 3.05) is 46.9 Å². The molecule has 1 aliphatic heterocycles. The minimum absolute atomic E-state index is 0.0741. The van der Waals surface area contributed by atoms with Crippen LogP contribution >= 0.6 is 0 Å². The second-order valence-corrected chi connectivity index (χ2v) is 11.5. The van der Waals surface area contributed by atoms with E-state index in [-0.39, 0.29) is 5.54 Å². The molecule has 5 nitrogen and oxygen atoms in total. The predicted molar refractivity (Wildman–Crippen MR) is 171 cm³/mol. The standard InChI is InChI=1S/C28H35N3O.C8H7N/c1-30(2)28(23-8-4-3-5-9-23)15-12-22(13-16-28)27-25(14-17-31-18-20-32-21-19-31)24-10-6-7-11-26(24)29-27;1-2-4-8-7(3-1)5-6-9-8/h3-12,29H,13-21H2,1-2H3;1-6,9H. The first-order valence-corrected chi connectivity index (χ1v) is 15.0. The zero-order chi connectivity index (χ0) is 28.1. The number of aromatic amines is 2. The maximum absolute atomic E-state index is 5.54. The Balaban J connectivity index is 0.000000283. The minimum atomic E-state index is 0.0741. The summed E-state index contributed by atoms with van der Waals surface area (Å²) in [6.07, 6.45) is 8.79. The van der Waals surface area contributed by atoms with E-state index in [0.29, 0.717) is 0 Å². The van der Waals surface area contributed by atoms with Gasteiger partial charge in [0, 0.05) is 53.5 Å². The Morgan fingerprint density at radius 1 is 0.854 bits per heavy atom. The van der Waals surface area contributed by atoms with Gasteiger partial charge in [0.1, 0.15) is 0 Å². The van der Waals surface area contributed by atoms with E-state index in [4.69, 9.17) is 4.74 Å². The number of fused-ring (bicyclic) bond motifs is 2. The summed E-state index contributed by atoms with van der Waals surface area (Å²) in [6.45, 7) is 4.90. The number of H-pyrrole nitrogens is 2. The molecule has 0 bridgehead atoms. The highest BCUT2D eigenvalue weighted by Gasteiger charge is 2.36. The van der Waals surface area contributed by atoms with Gasteiger partial charge in [0.15, 0.2) is 0 Å². The number of para-hydroxylation sites is 2. The lowest BCUT2D eigenvalue weighted by Gasteiger charge is -2.43.